The number of hydrogen-bond donors (Lipinski definition) is 0. The fourth-order valence-corrected chi connectivity index (χ4v) is 3.50. The Morgan fingerprint density at radius 2 is 1.96 bits per heavy atom. The summed E-state index contributed by atoms with van der Waals surface area (Å²) in [7, 11) is 1.64. The smallest absolute Gasteiger partial charge is 0.191 e. The van der Waals surface area contributed by atoms with Gasteiger partial charge in [-0.2, -0.15) is 0 Å². The lowest BCUT2D eigenvalue weighted by molar-refractivity contribution is 0.102. The maximum atomic E-state index is 13.3. The summed E-state index contributed by atoms with van der Waals surface area (Å²) < 4.78 is 20.5. The zero-order valence-corrected chi connectivity index (χ0v) is 15.8. The molecule has 1 aromatic heterocycles. The van der Waals surface area contributed by atoms with Crippen molar-refractivity contribution in [3.63, 3.8) is 0 Å². The van der Waals surface area contributed by atoms with Gasteiger partial charge < -0.3 is 9.30 Å². The van der Waals surface area contributed by atoms with E-state index >= 15 is 0 Å². The number of carbonyl (C=O) groups is 1. The lowest BCUT2D eigenvalue weighted by Crippen LogP contribution is -2.11. The lowest BCUT2D eigenvalue weighted by Gasteiger charge is -2.09. The fourth-order valence-electron chi connectivity index (χ4n) is 2.62. The summed E-state index contributed by atoms with van der Waals surface area (Å²) in [5, 5.41) is 9.19. The molecule has 0 bridgehead atoms. The van der Waals surface area contributed by atoms with Crippen molar-refractivity contribution in [2.75, 3.05) is 19.5 Å². The Labute approximate surface area is 161 Å². The van der Waals surface area contributed by atoms with E-state index in [4.69, 9.17) is 4.74 Å². The molecule has 27 heavy (non-hydrogen) atoms. The number of ether oxygens (including phenoxy) is 1. The highest BCUT2D eigenvalue weighted by Gasteiger charge is 2.15. The Balaban J connectivity index is 1.73. The van der Waals surface area contributed by atoms with Gasteiger partial charge in [0.05, 0.1) is 12.4 Å². The molecule has 0 spiro atoms. The standard InChI is InChI=1S/C20H20FN3O2S/c1-26-11-10-24-19(12-15-6-3-2-4-7-15)22-23-20(24)27-14-18(25)16-8-5-9-17(21)13-16/h2-9,13H,10-12,14H2,1H3. The molecule has 0 unspecified atom stereocenters. The first-order valence-corrected chi connectivity index (χ1v) is 9.52. The molecule has 0 saturated heterocycles. The van der Waals surface area contributed by atoms with E-state index in [-0.39, 0.29) is 11.5 Å². The number of rotatable bonds is 9. The monoisotopic (exact) mass is 385 g/mol. The van der Waals surface area contributed by atoms with E-state index in [1.807, 2.05) is 34.9 Å². The average Bonchev–Trinajstić information content (AvgIpc) is 3.06. The van der Waals surface area contributed by atoms with Crippen LogP contribution in [0.3, 0.4) is 0 Å². The van der Waals surface area contributed by atoms with Crippen LogP contribution < -0.4 is 0 Å². The third kappa shape index (κ3) is 5.24. The van der Waals surface area contributed by atoms with E-state index in [1.54, 1.807) is 13.2 Å². The van der Waals surface area contributed by atoms with Crippen LogP contribution in [-0.2, 0) is 17.7 Å². The maximum Gasteiger partial charge on any atom is 0.191 e. The molecule has 0 aliphatic rings. The number of hydrogen-bond acceptors (Lipinski definition) is 5. The van der Waals surface area contributed by atoms with Crippen LogP contribution in [0.5, 0.6) is 0 Å². The van der Waals surface area contributed by atoms with E-state index < -0.39 is 5.82 Å². The predicted molar refractivity (Wildman–Crippen MR) is 103 cm³/mol. The quantitative estimate of drug-likeness (QED) is 0.416. The first-order valence-electron chi connectivity index (χ1n) is 8.54. The average molecular weight is 385 g/mol. The van der Waals surface area contributed by atoms with Crippen LogP contribution in [-0.4, -0.2) is 40.0 Å². The minimum absolute atomic E-state index is 0.148. The van der Waals surface area contributed by atoms with Crippen LogP contribution in [0.2, 0.25) is 0 Å². The molecule has 3 rings (SSSR count). The van der Waals surface area contributed by atoms with E-state index in [1.165, 1.54) is 30.0 Å². The van der Waals surface area contributed by atoms with Gasteiger partial charge in [0, 0.05) is 25.6 Å². The van der Waals surface area contributed by atoms with Gasteiger partial charge in [-0.3, -0.25) is 4.79 Å². The van der Waals surface area contributed by atoms with Crippen molar-refractivity contribution in [1.29, 1.82) is 0 Å². The van der Waals surface area contributed by atoms with Crippen LogP contribution >= 0.6 is 11.8 Å². The molecule has 7 heteroatoms. The van der Waals surface area contributed by atoms with Crippen molar-refractivity contribution in [1.82, 2.24) is 14.8 Å². The SMILES string of the molecule is COCCn1c(Cc2ccccc2)nnc1SCC(=O)c1cccc(F)c1. The summed E-state index contributed by atoms with van der Waals surface area (Å²) in [4.78, 5) is 12.3. The second kappa shape index (κ2) is 9.43. The summed E-state index contributed by atoms with van der Waals surface area (Å²) in [6, 6.07) is 15.7. The third-order valence-corrected chi connectivity index (χ3v) is 4.96. The Bertz CT molecular complexity index is 899. The third-order valence-electron chi connectivity index (χ3n) is 4.00. The van der Waals surface area contributed by atoms with Gasteiger partial charge in [-0.1, -0.05) is 54.2 Å². The Morgan fingerprint density at radius 3 is 2.70 bits per heavy atom. The molecule has 3 aromatic rings. The highest BCUT2D eigenvalue weighted by Crippen LogP contribution is 2.20. The van der Waals surface area contributed by atoms with Gasteiger partial charge in [0.25, 0.3) is 0 Å². The lowest BCUT2D eigenvalue weighted by atomic mass is 10.1. The topological polar surface area (TPSA) is 57.0 Å². The van der Waals surface area contributed by atoms with Gasteiger partial charge >= 0.3 is 0 Å². The van der Waals surface area contributed by atoms with Gasteiger partial charge in [0.2, 0.25) is 0 Å². The van der Waals surface area contributed by atoms with Crippen molar-refractivity contribution < 1.29 is 13.9 Å². The molecule has 0 N–H and O–H groups in total. The number of nitrogens with zero attached hydrogens (tertiary/aromatic N) is 3. The minimum Gasteiger partial charge on any atom is -0.383 e. The summed E-state index contributed by atoms with van der Waals surface area (Å²) >= 11 is 1.30. The predicted octanol–water partition coefficient (Wildman–Crippen LogP) is 3.63. The van der Waals surface area contributed by atoms with Crippen LogP contribution in [0.1, 0.15) is 21.7 Å². The van der Waals surface area contributed by atoms with Gasteiger partial charge in [0.15, 0.2) is 10.9 Å². The minimum atomic E-state index is -0.417. The molecule has 140 valence electrons. The van der Waals surface area contributed by atoms with Gasteiger partial charge in [0.1, 0.15) is 11.6 Å². The Kier molecular flexibility index (Phi) is 6.73. The second-order valence-corrected chi connectivity index (χ2v) is 6.87. The number of ketones is 1. The summed E-state index contributed by atoms with van der Waals surface area (Å²) in [5.41, 5.74) is 1.49. The molecule has 0 saturated carbocycles. The molecule has 1 heterocycles. The normalized spacial score (nSPS) is 10.9. The summed E-state index contributed by atoms with van der Waals surface area (Å²) in [5.74, 6) is 0.420. The number of benzene rings is 2. The summed E-state index contributed by atoms with van der Waals surface area (Å²) in [6.45, 7) is 1.12. The van der Waals surface area contributed by atoms with Gasteiger partial charge in [-0.05, 0) is 17.7 Å². The van der Waals surface area contributed by atoms with Crippen LogP contribution in [0.15, 0.2) is 59.8 Å². The molecular formula is C20H20FN3O2S. The zero-order valence-electron chi connectivity index (χ0n) is 15.0. The van der Waals surface area contributed by atoms with Crippen LogP contribution in [0.4, 0.5) is 4.39 Å². The molecule has 0 atom stereocenters. The highest BCUT2D eigenvalue weighted by molar-refractivity contribution is 7.99. The van der Waals surface area contributed by atoms with Gasteiger partial charge in [-0.15, -0.1) is 10.2 Å². The second-order valence-electron chi connectivity index (χ2n) is 5.93. The van der Waals surface area contributed by atoms with Crippen LogP contribution in [0.25, 0.3) is 0 Å². The zero-order chi connectivity index (χ0) is 19.1. The first-order chi connectivity index (χ1) is 13.2. The summed E-state index contributed by atoms with van der Waals surface area (Å²) in [6.07, 6.45) is 0.649. The maximum absolute atomic E-state index is 13.3. The number of aromatic nitrogens is 3. The number of carbonyl (C=O) groups excluding carboxylic acids is 1. The van der Waals surface area contributed by atoms with E-state index in [2.05, 4.69) is 10.2 Å². The number of methoxy groups -OCH3 is 1. The number of Topliss-reactive ketones (excluding diaryl/α,β-unsaturated/α-hetero) is 1. The van der Waals surface area contributed by atoms with Crippen molar-refractivity contribution in [3.8, 4) is 0 Å². The van der Waals surface area contributed by atoms with Crippen molar-refractivity contribution >= 4 is 17.5 Å². The van der Waals surface area contributed by atoms with E-state index in [9.17, 15) is 9.18 Å². The molecule has 0 radical (unpaired) electrons. The van der Waals surface area contributed by atoms with Crippen molar-refractivity contribution in [2.24, 2.45) is 0 Å². The molecule has 0 aliphatic carbocycles. The number of halogens is 1. The van der Waals surface area contributed by atoms with Crippen molar-refractivity contribution in [3.05, 3.63) is 77.4 Å². The van der Waals surface area contributed by atoms with Gasteiger partial charge in [-0.25, -0.2) is 4.39 Å². The molecule has 5 nitrogen and oxygen atoms in total. The van der Waals surface area contributed by atoms with E-state index in [0.717, 1.165) is 11.4 Å². The molecule has 0 fully saturated rings. The molecule has 2 aromatic carbocycles. The molecular weight excluding hydrogens is 365 g/mol. The van der Waals surface area contributed by atoms with Crippen molar-refractivity contribution in [2.45, 2.75) is 18.1 Å². The fraction of sp³-hybridized carbons (Fsp3) is 0.250. The Morgan fingerprint density at radius 1 is 1.15 bits per heavy atom. The van der Waals surface area contributed by atoms with Crippen LogP contribution in [0, 0.1) is 5.82 Å². The molecule has 0 aliphatic heterocycles. The Hall–Kier alpha value is -2.51. The molecule has 0 amide bonds. The largest absolute Gasteiger partial charge is 0.383 e. The van der Waals surface area contributed by atoms with E-state index in [0.29, 0.717) is 30.3 Å². The number of thioether (sulfide) groups is 1. The first kappa shape index (κ1) is 19.3. The highest BCUT2D eigenvalue weighted by atomic mass is 32.2.